The van der Waals surface area contributed by atoms with Crippen molar-refractivity contribution in [1.29, 1.82) is 5.26 Å². The maximum atomic E-state index is 13.0. The Morgan fingerprint density at radius 3 is 2.45 bits per heavy atom. The minimum atomic E-state index is -0.282. The highest BCUT2D eigenvalue weighted by Crippen LogP contribution is 2.32. The zero-order valence-electron chi connectivity index (χ0n) is 17.0. The van der Waals surface area contributed by atoms with Crippen LogP contribution in [-0.4, -0.2) is 34.1 Å². The van der Waals surface area contributed by atoms with E-state index in [1.807, 2.05) is 61.5 Å². The highest BCUT2D eigenvalue weighted by atomic mass is 32.2. The average Bonchev–Trinajstić information content (AvgIpc) is 3.02. The fraction of sp³-hybridized carbons (Fsp3) is 0.167. The van der Waals surface area contributed by atoms with Crippen molar-refractivity contribution in [2.24, 2.45) is 0 Å². The van der Waals surface area contributed by atoms with E-state index in [0.29, 0.717) is 14.9 Å². The number of thioether (sulfide) groups is 1. The van der Waals surface area contributed by atoms with Crippen LogP contribution in [0.3, 0.4) is 0 Å². The van der Waals surface area contributed by atoms with Crippen LogP contribution in [0, 0.1) is 11.3 Å². The molecule has 156 valence electrons. The molecule has 2 amide bonds. The summed E-state index contributed by atoms with van der Waals surface area (Å²) in [5.74, 6) is -0.562. The summed E-state index contributed by atoms with van der Waals surface area (Å²) in [6.07, 6.45) is 3.97. The number of nitrogens with zero attached hydrogens (tertiary/aromatic N) is 3. The van der Waals surface area contributed by atoms with Crippen molar-refractivity contribution < 1.29 is 9.59 Å². The van der Waals surface area contributed by atoms with Crippen LogP contribution < -0.4 is 4.90 Å². The monoisotopic (exact) mass is 447 g/mol. The number of amides is 2. The molecule has 0 atom stereocenters. The number of carbonyl (C=O) groups excluding carboxylic acids is 2. The number of para-hydroxylation sites is 1. The zero-order valence-corrected chi connectivity index (χ0v) is 18.7. The smallest absolute Gasteiger partial charge is 0.266 e. The first kappa shape index (κ1) is 22.5. The van der Waals surface area contributed by atoms with Gasteiger partial charge in [0.25, 0.3) is 5.91 Å². The summed E-state index contributed by atoms with van der Waals surface area (Å²) in [4.78, 5) is 29.2. The maximum absolute atomic E-state index is 13.0. The van der Waals surface area contributed by atoms with E-state index in [2.05, 4.69) is 6.07 Å². The Morgan fingerprint density at radius 1 is 1.16 bits per heavy atom. The molecule has 0 aromatic heterocycles. The van der Waals surface area contributed by atoms with Gasteiger partial charge in [0.05, 0.1) is 17.4 Å². The van der Waals surface area contributed by atoms with Gasteiger partial charge in [-0.2, -0.15) is 5.26 Å². The third-order valence-electron chi connectivity index (χ3n) is 4.54. The van der Waals surface area contributed by atoms with E-state index in [4.69, 9.17) is 17.5 Å². The number of hydrogen-bond acceptors (Lipinski definition) is 5. The standard InChI is InChI=1S/C24H21N3O2S2/c1-18(15-19-9-4-2-5-10-19)16-21-23(29)27(24(30)31-21)17-22(28)26(14-8-13-25)20-11-6-3-7-12-20/h2-7,9-12,15-16H,8,14,17H2,1H3. The van der Waals surface area contributed by atoms with Crippen molar-refractivity contribution in [2.45, 2.75) is 13.3 Å². The summed E-state index contributed by atoms with van der Waals surface area (Å²) in [7, 11) is 0. The predicted molar refractivity (Wildman–Crippen MR) is 129 cm³/mol. The zero-order chi connectivity index (χ0) is 22.2. The molecular weight excluding hydrogens is 426 g/mol. The number of anilines is 1. The number of rotatable bonds is 7. The van der Waals surface area contributed by atoms with Gasteiger partial charge in [-0.3, -0.25) is 14.5 Å². The van der Waals surface area contributed by atoms with Crippen molar-refractivity contribution in [3.8, 4) is 6.07 Å². The quantitative estimate of drug-likeness (QED) is 0.451. The fourth-order valence-corrected chi connectivity index (χ4v) is 4.39. The van der Waals surface area contributed by atoms with Crippen LogP contribution in [0.15, 0.2) is 77.2 Å². The van der Waals surface area contributed by atoms with Crippen LogP contribution in [0.4, 0.5) is 5.69 Å². The van der Waals surface area contributed by atoms with Gasteiger partial charge in [-0.15, -0.1) is 0 Å². The minimum absolute atomic E-state index is 0.163. The van der Waals surface area contributed by atoms with Crippen LogP contribution >= 0.6 is 24.0 Å². The van der Waals surface area contributed by atoms with Gasteiger partial charge in [0.2, 0.25) is 5.91 Å². The van der Waals surface area contributed by atoms with E-state index in [9.17, 15) is 9.59 Å². The van der Waals surface area contributed by atoms with Gasteiger partial charge in [0.15, 0.2) is 0 Å². The molecule has 0 aliphatic carbocycles. The van der Waals surface area contributed by atoms with Crippen molar-refractivity contribution in [2.75, 3.05) is 18.0 Å². The predicted octanol–water partition coefficient (Wildman–Crippen LogP) is 4.78. The summed E-state index contributed by atoms with van der Waals surface area (Å²) in [6, 6.07) is 21.0. The normalized spacial score (nSPS) is 15.3. The summed E-state index contributed by atoms with van der Waals surface area (Å²) in [5, 5.41) is 8.95. The van der Waals surface area contributed by atoms with E-state index in [0.717, 1.165) is 11.1 Å². The Hall–Kier alpha value is -3.21. The molecule has 3 rings (SSSR count). The second-order valence-electron chi connectivity index (χ2n) is 6.86. The lowest BCUT2D eigenvalue weighted by Gasteiger charge is -2.24. The Bertz CT molecular complexity index is 1070. The van der Waals surface area contributed by atoms with Gasteiger partial charge in [-0.25, -0.2) is 0 Å². The molecule has 0 radical (unpaired) electrons. The van der Waals surface area contributed by atoms with Crippen molar-refractivity contribution in [3.05, 3.63) is 82.8 Å². The van der Waals surface area contributed by atoms with Crippen molar-refractivity contribution in [1.82, 2.24) is 4.90 Å². The number of thiocarbonyl (C=S) groups is 1. The van der Waals surface area contributed by atoms with Gasteiger partial charge in [-0.05, 0) is 36.3 Å². The molecule has 1 heterocycles. The van der Waals surface area contributed by atoms with E-state index in [1.165, 1.54) is 21.6 Å². The number of allylic oxidation sites excluding steroid dienone is 2. The molecule has 1 aliphatic rings. The second-order valence-corrected chi connectivity index (χ2v) is 8.53. The Labute approximate surface area is 191 Å². The van der Waals surface area contributed by atoms with E-state index < -0.39 is 0 Å². The molecule has 5 nitrogen and oxygen atoms in total. The van der Waals surface area contributed by atoms with Crippen LogP contribution in [-0.2, 0) is 9.59 Å². The molecule has 31 heavy (non-hydrogen) atoms. The average molecular weight is 448 g/mol. The molecule has 0 N–H and O–H groups in total. The first-order valence-electron chi connectivity index (χ1n) is 9.70. The maximum Gasteiger partial charge on any atom is 0.266 e. The Kier molecular flexibility index (Phi) is 7.76. The van der Waals surface area contributed by atoms with Crippen molar-refractivity contribution in [3.63, 3.8) is 0 Å². The lowest BCUT2D eigenvalue weighted by molar-refractivity contribution is -0.127. The molecule has 2 aromatic rings. The van der Waals surface area contributed by atoms with E-state index in [-0.39, 0.29) is 31.3 Å². The minimum Gasteiger partial charge on any atom is -0.310 e. The Morgan fingerprint density at radius 2 is 1.81 bits per heavy atom. The van der Waals surface area contributed by atoms with Crippen molar-refractivity contribution >= 4 is 51.9 Å². The fourth-order valence-electron chi connectivity index (χ4n) is 3.09. The SMILES string of the molecule is CC(=Cc1ccccc1)C=C1SC(=S)N(CC(=O)N(CCC#N)c2ccccc2)C1=O. The topological polar surface area (TPSA) is 64.4 Å². The molecule has 0 saturated carbocycles. The van der Waals surface area contributed by atoms with Gasteiger partial charge in [-0.1, -0.05) is 78.6 Å². The molecular formula is C24H21N3O2S2. The van der Waals surface area contributed by atoms with Gasteiger partial charge in [0, 0.05) is 12.2 Å². The second kappa shape index (κ2) is 10.7. The molecule has 0 spiro atoms. The number of benzene rings is 2. The highest BCUT2D eigenvalue weighted by Gasteiger charge is 2.34. The van der Waals surface area contributed by atoms with E-state index in [1.54, 1.807) is 18.2 Å². The Balaban J connectivity index is 1.75. The molecule has 2 aromatic carbocycles. The first-order valence-corrected chi connectivity index (χ1v) is 10.9. The molecule has 0 bridgehead atoms. The molecule has 1 fully saturated rings. The van der Waals surface area contributed by atoms with Crippen LogP contribution in [0.5, 0.6) is 0 Å². The van der Waals surface area contributed by atoms with Crippen LogP contribution in [0.2, 0.25) is 0 Å². The summed E-state index contributed by atoms with van der Waals surface area (Å²) in [6.45, 7) is 2.01. The highest BCUT2D eigenvalue weighted by molar-refractivity contribution is 8.26. The van der Waals surface area contributed by atoms with Gasteiger partial charge < -0.3 is 4.90 Å². The lowest BCUT2D eigenvalue weighted by Crippen LogP contribution is -2.42. The number of nitriles is 1. The van der Waals surface area contributed by atoms with E-state index >= 15 is 0 Å². The summed E-state index contributed by atoms with van der Waals surface area (Å²) in [5.41, 5.74) is 2.64. The first-order chi connectivity index (χ1) is 15.0. The third kappa shape index (κ3) is 5.91. The third-order valence-corrected chi connectivity index (χ3v) is 5.91. The number of hydrogen-bond donors (Lipinski definition) is 0. The summed E-state index contributed by atoms with van der Waals surface area (Å²) >= 11 is 6.56. The largest absolute Gasteiger partial charge is 0.310 e. The molecule has 7 heteroatoms. The van der Waals surface area contributed by atoms with Gasteiger partial charge in [0.1, 0.15) is 10.9 Å². The van der Waals surface area contributed by atoms with Gasteiger partial charge >= 0.3 is 0 Å². The molecule has 1 saturated heterocycles. The molecule has 0 unspecified atom stereocenters. The van der Waals surface area contributed by atoms with Crippen LogP contribution in [0.25, 0.3) is 6.08 Å². The summed E-state index contributed by atoms with van der Waals surface area (Å²) < 4.78 is 0.352. The molecule has 1 aliphatic heterocycles. The lowest BCUT2D eigenvalue weighted by atomic mass is 10.1. The van der Waals surface area contributed by atoms with Crippen LogP contribution in [0.1, 0.15) is 18.9 Å². The number of carbonyl (C=O) groups is 2.